The minimum absolute atomic E-state index is 0.112. The molecule has 1 aliphatic rings. The van der Waals surface area contributed by atoms with Crippen LogP contribution in [0.3, 0.4) is 0 Å². The average molecular weight is 366 g/mol. The summed E-state index contributed by atoms with van der Waals surface area (Å²) in [4.78, 5) is 27.7. The summed E-state index contributed by atoms with van der Waals surface area (Å²) in [5.41, 5.74) is 0.860. The third-order valence-corrected chi connectivity index (χ3v) is 4.90. The molecule has 2 heterocycles. The van der Waals surface area contributed by atoms with Gasteiger partial charge in [0.1, 0.15) is 5.82 Å². The van der Waals surface area contributed by atoms with E-state index in [0.717, 1.165) is 0 Å². The first kappa shape index (κ1) is 17.4. The van der Waals surface area contributed by atoms with Crippen molar-refractivity contribution < 1.29 is 9.18 Å². The van der Waals surface area contributed by atoms with Crippen molar-refractivity contribution in [1.29, 1.82) is 0 Å². The Bertz CT molecular complexity index is 1080. The fraction of sp³-hybridized carbons (Fsp3) is 0.250. The van der Waals surface area contributed by atoms with Gasteiger partial charge >= 0.3 is 0 Å². The topological polar surface area (TPSA) is 67.2 Å². The van der Waals surface area contributed by atoms with Gasteiger partial charge in [-0.3, -0.25) is 14.3 Å². The Balaban J connectivity index is 1.78. The molecule has 138 valence electrons. The maximum atomic E-state index is 13.7. The van der Waals surface area contributed by atoms with Gasteiger partial charge in [0, 0.05) is 32.1 Å². The molecular formula is C20H19FN4O2. The number of amides is 1. The zero-order valence-corrected chi connectivity index (χ0v) is 14.9. The van der Waals surface area contributed by atoms with E-state index in [1.165, 1.54) is 12.1 Å². The number of aromatic nitrogens is 2. The molecule has 1 atom stereocenters. The Morgan fingerprint density at radius 3 is 2.85 bits per heavy atom. The maximum absolute atomic E-state index is 13.7. The van der Waals surface area contributed by atoms with Crippen LogP contribution in [0.15, 0.2) is 53.3 Å². The number of aryl methyl sites for hydroxylation is 1. The highest BCUT2D eigenvalue weighted by Crippen LogP contribution is 2.24. The van der Waals surface area contributed by atoms with Gasteiger partial charge in [-0.2, -0.15) is 5.10 Å². The molecule has 1 saturated heterocycles. The number of carbonyl (C=O) groups excluding carboxylic acids is 1. The summed E-state index contributed by atoms with van der Waals surface area (Å²) in [7, 11) is 1.71. The fourth-order valence-electron chi connectivity index (χ4n) is 3.56. The second-order valence-corrected chi connectivity index (χ2v) is 6.59. The molecular weight excluding hydrogens is 347 g/mol. The zero-order valence-electron chi connectivity index (χ0n) is 14.9. The number of benzene rings is 2. The average Bonchev–Trinajstić information content (AvgIpc) is 2.70. The molecule has 1 fully saturated rings. The van der Waals surface area contributed by atoms with Crippen molar-refractivity contribution in [3.63, 3.8) is 0 Å². The van der Waals surface area contributed by atoms with Gasteiger partial charge in [-0.15, -0.1) is 0 Å². The van der Waals surface area contributed by atoms with Crippen molar-refractivity contribution >= 4 is 16.8 Å². The lowest BCUT2D eigenvalue weighted by molar-refractivity contribution is 0.0624. The molecule has 3 aromatic rings. The lowest BCUT2D eigenvalue weighted by Gasteiger charge is -2.36. The van der Waals surface area contributed by atoms with Crippen LogP contribution in [0, 0.1) is 5.82 Å². The predicted octanol–water partition coefficient (Wildman–Crippen LogP) is 1.86. The Labute approximate surface area is 155 Å². The fourth-order valence-corrected chi connectivity index (χ4v) is 3.56. The highest BCUT2D eigenvalue weighted by atomic mass is 19.1. The molecule has 0 bridgehead atoms. The third kappa shape index (κ3) is 3.10. The van der Waals surface area contributed by atoms with E-state index in [-0.39, 0.29) is 23.0 Å². The van der Waals surface area contributed by atoms with Gasteiger partial charge in [-0.25, -0.2) is 4.39 Å². The molecule has 0 saturated carbocycles. The molecule has 0 aliphatic carbocycles. The molecule has 27 heavy (non-hydrogen) atoms. The number of hydrogen-bond donors (Lipinski definition) is 1. The molecule has 1 amide bonds. The summed E-state index contributed by atoms with van der Waals surface area (Å²) in [6, 6.07) is 12.9. The van der Waals surface area contributed by atoms with E-state index in [4.69, 9.17) is 0 Å². The van der Waals surface area contributed by atoms with Gasteiger partial charge in [0.2, 0.25) is 5.43 Å². The number of piperazine rings is 1. The second-order valence-electron chi connectivity index (χ2n) is 6.59. The lowest BCUT2D eigenvalue weighted by Crippen LogP contribution is -2.50. The van der Waals surface area contributed by atoms with E-state index in [2.05, 4.69) is 10.4 Å². The number of nitrogens with one attached hydrogen (secondary N) is 1. The van der Waals surface area contributed by atoms with E-state index in [9.17, 15) is 14.0 Å². The van der Waals surface area contributed by atoms with Crippen molar-refractivity contribution in [2.45, 2.75) is 6.04 Å². The summed E-state index contributed by atoms with van der Waals surface area (Å²) < 4.78 is 15.2. The number of hydrogen-bond acceptors (Lipinski definition) is 4. The molecule has 1 unspecified atom stereocenters. The number of carbonyl (C=O) groups is 1. The summed E-state index contributed by atoms with van der Waals surface area (Å²) in [6.07, 6.45) is 0. The van der Waals surface area contributed by atoms with Gasteiger partial charge in [0.15, 0.2) is 5.69 Å². The lowest BCUT2D eigenvalue weighted by atomic mass is 10.0. The Kier molecular flexibility index (Phi) is 4.45. The van der Waals surface area contributed by atoms with Gasteiger partial charge < -0.3 is 10.2 Å². The normalized spacial score (nSPS) is 17.3. The van der Waals surface area contributed by atoms with Crippen LogP contribution >= 0.6 is 0 Å². The highest BCUT2D eigenvalue weighted by molar-refractivity contribution is 5.95. The van der Waals surface area contributed by atoms with Crippen LogP contribution in [-0.4, -0.2) is 40.2 Å². The van der Waals surface area contributed by atoms with Gasteiger partial charge in [0.25, 0.3) is 5.91 Å². The van der Waals surface area contributed by atoms with Crippen molar-refractivity contribution in [2.24, 2.45) is 7.05 Å². The molecule has 2 aromatic carbocycles. The van der Waals surface area contributed by atoms with E-state index in [1.54, 1.807) is 47.0 Å². The smallest absolute Gasteiger partial charge is 0.279 e. The first-order valence-electron chi connectivity index (χ1n) is 8.79. The van der Waals surface area contributed by atoms with Crippen LogP contribution < -0.4 is 10.7 Å². The summed E-state index contributed by atoms with van der Waals surface area (Å²) in [5.74, 6) is -0.790. The number of nitrogens with zero attached hydrogens (tertiary/aromatic N) is 3. The minimum atomic E-state index is -0.433. The number of para-hydroxylation sites is 1. The third-order valence-electron chi connectivity index (χ3n) is 4.90. The molecule has 1 aliphatic heterocycles. The molecule has 0 spiro atoms. The van der Waals surface area contributed by atoms with Crippen LogP contribution in [0.4, 0.5) is 4.39 Å². The number of halogens is 1. The summed E-state index contributed by atoms with van der Waals surface area (Å²) in [6.45, 7) is 1.51. The molecule has 7 heteroatoms. The quantitative estimate of drug-likeness (QED) is 0.752. The SMILES string of the molecule is Cn1nc(C(=O)N2CCNCC2c2cccc(F)c2)c(=O)c2ccccc21. The van der Waals surface area contributed by atoms with E-state index in [1.807, 2.05) is 6.07 Å². The molecule has 1 aromatic heterocycles. The standard InChI is InChI=1S/C20H19FN4O2/c1-24-16-8-3-2-7-15(16)19(26)18(23-24)20(27)25-10-9-22-12-17(25)13-5-4-6-14(21)11-13/h2-8,11,17,22H,9-10,12H2,1H3. The maximum Gasteiger partial charge on any atom is 0.279 e. The van der Waals surface area contributed by atoms with E-state index in [0.29, 0.717) is 36.1 Å². The first-order chi connectivity index (χ1) is 13.1. The highest BCUT2D eigenvalue weighted by Gasteiger charge is 2.31. The van der Waals surface area contributed by atoms with Crippen molar-refractivity contribution in [2.75, 3.05) is 19.6 Å². The first-order valence-corrected chi connectivity index (χ1v) is 8.79. The Hall–Kier alpha value is -3.06. The minimum Gasteiger partial charge on any atom is -0.328 e. The zero-order chi connectivity index (χ0) is 19.0. The van der Waals surface area contributed by atoms with Crippen LogP contribution in [0.25, 0.3) is 10.9 Å². The molecule has 1 N–H and O–H groups in total. The van der Waals surface area contributed by atoms with E-state index < -0.39 is 5.91 Å². The molecule has 6 nitrogen and oxygen atoms in total. The Morgan fingerprint density at radius 2 is 2.04 bits per heavy atom. The number of rotatable bonds is 2. The van der Waals surface area contributed by atoms with Crippen LogP contribution in [0.5, 0.6) is 0 Å². The predicted molar refractivity (Wildman–Crippen MR) is 100 cm³/mol. The van der Waals surface area contributed by atoms with Crippen LogP contribution in [0.1, 0.15) is 22.1 Å². The van der Waals surface area contributed by atoms with Crippen molar-refractivity contribution in [3.05, 3.63) is 75.8 Å². The van der Waals surface area contributed by atoms with Gasteiger partial charge in [-0.05, 0) is 29.8 Å². The van der Waals surface area contributed by atoms with E-state index >= 15 is 0 Å². The van der Waals surface area contributed by atoms with Crippen LogP contribution in [-0.2, 0) is 7.05 Å². The van der Waals surface area contributed by atoms with Gasteiger partial charge in [-0.1, -0.05) is 24.3 Å². The number of fused-ring (bicyclic) bond motifs is 1. The monoisotopic (exact) mass is 366 g/mol. The Morgan fingerprint density at radius 1 is 1.22 bits per heavy atom. The molecule has 0 radical (unpaired) electrons. The van der Waals surface area contributed by atoms with Gasteiger partial charge in [0.05, 0.1) is 11.6 Å². The largest absolute Gasteiger partial charge is 0.328 e. The summed E-state index contributed by atoms with van der Waals surface area (Å²) in [5, 5.41) is 7.92. The molecule has 4 rings (SSSR count). The van der Waals surface area contributed by atoms with Crippen molar-refractivity contribution in [3.8, 4) is 0 Å². The van der Waals surface area contributed by atoms with Crippen LogP contribution in [0.2, 0.25) is 0 Å². The second kappa shape index (κ2) is 6.92. The van der Waals surface area contributed by atoms with Crippen molar-refractivity contribution in [1.82, 2.24) is 20.0 Å². The summed E-state index contributed by atoms with van der Waals surface area (Å²) >= 11 is 0.